The number of urea groups is 1. The van der Waals surface area contributed by atoms with Crippen LogP contribution in [0.25, 0.3) is 5.57 Å². The van der Waals surface area contributed by atoms with Gasteiger partial charge in [-0.05, 0) is 87.9 Å². The van der Waals surface area contributed by atoms with Crippen LogP contribution in [0.15, 0.2) is 55.1 Å². The average molecular weight is 418 g/mol. The van der Waals surface area contributed by atoms with Crippen LogP contribution in [0.1, 0.15) is 63.1 Å². The summed E-state index contributed by atoms with van der Waals surface area (Å²) in [5.74, 6) is 0.784. The predicted octanol–water partition coefficient (Wildman–Crippen LogP) is 5.52. The standard InChI is InChI=1S/C26H31N3O2/c1-18(2)20-6-5-7-21(16-20)26(3,4)29-25(30)28-22-10-14-24(15-11-22)31-23-12-8-19(17-27)9-13-23/h5-9,12-13,16,22,24H,1,10-11,14-15H2,2-4H3,(H2,28,29,30). The van der Waals surface area contributed by atoms with Crippen molar-refractivity contribution in [1.82, 2.24) is 10.6 Å². The zero-order valence-electron chi connectivity index (χ0n) is 18.6. The van der Waals surface area contributed by atoms with E-state index >= 15 is 0 Å². The molecule has 0 heterocycles. The van der Waals surface area contributed by atoms with Crippen LogP contribution in [0.4, 0.5) is 4.79 Å². The largest absolute Gasteiger partial charge is 0.490 e. The van der Waals surface area contributed by atoms with E-state index in [1.165, 1.54) is 0 Å². The molecule has 0 radical (unpaired) electrons. The molecule has 5 heteroatoms. The number of hydrogen-bond donors (Lipinski definition) is 2. The summed E-state index contributed by atoms with van der Waals surface area (Å²) < 4.78 is 6.03. The molecule has 0 spiro atoms. The third kappa shape index (κ3) is 6.11. The van der Waals surface area contributed by atoms with Crippen molar-refractivity contribution in [3.63, 3.8) is 0 Å². The van der Waals surface area contributed by atoms with E-state index in [4.69, 9.17) is 10.00 Å². The highest BCUT2D eigenvalue weighted by molar-refractivity contribution is 5.75. The number of allylic oxidation sites excluding steroid dienone is 1. The summed E-state index contributed by atoms with van der Waals surface area (Å²) in [6.45, 7) is 10.00. The molecule has 1 aliphatic rings. The first-order valence-electron chi connectivity index (χ1n) is 10.8. The van der Waals surface area contributed by atoms with Crippen LogP contribution in [-0.2, 0) is 5.54 Å². The Morgan fingerprint density at radius 2 is 1.81 bits per heavy atom. The van der Waals surface area contributed by atoms with Gasteiger partial charge in [-0.15, -0.1) is 0 Å². The van der Waals surface area contributed by atoms with Gasteiger partial charge in [-0.1, -0.05) is 30.4 Å². The van der Waals surface area contributed by atoms with Crippen LogP contribution < -0.4 is 15.4 Å². The lowest BCUT2D eigenvalue weighted by Gasteiger charge is -2.32. The summed E-state index contributed by atoms with van der Waals surface area (Å²) in [6, 6.07) is 17.4. The first kappa shape index (κ1) is 22.4. The molecule has 2 N–H and O–H groups in total. The van der Waals surface area contributed by atoms with E-state index in [0.717, 1.165) is 48.1 Å². The van der Waals surface area contributed by atoms with E-state index in [-0.39, 0.29) is 18.2 Å². The van der Waals surface area contributed by atoms with Gasteiger partial charge in [0.05, 0.1) is 23.3 Å². The number of rotatable bonds is 6. The molecule has 0 aromatic heterocycles. The van der Waals surface area contributed by atoms with E-state index in [1.54, 1.807) is 12.1 Å². The van der Waals surface area contributed by atoms with E-state index < -0.39 is 5.54 Å². The molecule has 0 bridgehead atoms. The van der Waals surface area contributed by atoms with Crippen molar-refractivity contribution in [2.45, 2.75) is 64.1 Å². The van der Waals surface area contributed by atoms with Crippen molar-refractivity contribution in [1.29, 1.82) is 5.26 Å². The lowest BCUT2D eigenvalue weighted by Crippen LogP contribution is -2.50. The smallest absolute Gasteiger partial charge is 0.315 e. The first-order valence-corrected chi connectivity index (χ1v) is 10.8. The number of carbonyl (C=O) groups excluding carboxylic acids is 1. The van der Waals surface area contributed by atoms with Crippen LogP contribution >= 0.6 is 0 Å². The van der Waals surface area contributed by atoms with Crippen LogP contribution in [0.5, 0.6) is 5.75 Å². The fourth-order valence-electron chi connectivity index (χ4n) is 3.88. The maximum absolute atomic E-state index is 12.7. The molecule has 0 aliphatic heterocycles. The lowest BCUT2D eigenvalue weighted by molar-refractivity contribution is 0.139. The fraction of sp³-hybridized carbons (Fsp3) is 0.385. The molecular weight excluding hydrogens is 386 g/mol. The minimum Gasteiger partial charge on any atom is -0.490 e. The summed E-state index contributed by atoms with van der Waals surface area (Å²) in [4.78, 5) is 12.7. The molecule has 1 aliphatic carbocycles. The molecule has 0 unspecified atom stereocenters. The van der Waals surface area contributed by atoms with Gasteiger partial charge in [-0.2, -0.15) is 5.26 Å². The number of ether oxygens (including phenoxy) is 1. The van der Waals surface area contributed by atoms with Gasteiger partial charge in [0.2, 0.25) is 0 Å². The molecule has 0 saturated heterocycles. The Morgan fingerprint density at radius 3 is 2.42 bits per heavy atom. The summed E-state index contributed by atoms with van der Waals surface area (Å²) in [5.41, 5.74) is 3.25. The second-order valence-corrected chi connectivity index (χ2v) is 8.81. The van der Waals surface area contributed by atoms with Crippen molar-refractivity contribution in [3.8, 4) is 11.8 Å². The minimum atomic E-state index is -0.495. The van der Waals surface area contributed by atoms with Crippen molar-refractivity contribution >= 4 is 11.6 Å². The number of nitrogens with one attached hydrogen (secondary N) is 2. The predicted molar refractivity (Wildman–Crippen MR) is 124 cm³/mol. The number of benzene rings is 2. The summed E-state index contributed by atoms with van der Waals surface area (Å²) >= 11 is 0. The number of amides is 2. The van der Waals surface area contributed by atoms with Gasteiger partial charge in [-0.25, -0.2) is 4.79 Å². The Bertz CT molecular complexity index is 965. The Labute approximate surface area is 185 Å². The lowest BCUT2D eigenvalue weighted by atomic mass is 9.91. The number of nitrogens with zero attached hydrogens (tertiary/aromatic N) is 1. The summed E-state index contributed by atoms with van der Waals surface area (Å²) in [6.07, 6.45) is 3.65. The fourth-order valence-corrected chi connectivity index (χ4v) is 3.88. The van der Waals surface area contributed by atoms with Crippen molar-refractivity contribution in [2.24, 2.45) is 0 Å². The molecular formula is C26H31N3O2. The Morgan fingerprint density at radius 1 is 1.13 bits per heavy atom. The van der Waals surface area contributed by atoms with Crippen molar-refractivity contribution < 1.29 is 9.53 Å². The van der Waals surface area contributed by atoms with Gasteiger partial charge in [0.15, 0.2) is 0 Å². The Kier molecular flexibility index (Phi) is 7.02. The van der Waals surface area contributed by atoms with Gasteiger partial charge in [-0.3, -0.25) is 0 Å². The number of hydrogen-bond acceptors (Lipinski definition) is 3. The van der Waals surface area contributed by atoms with Crippen molar-refractivity contribution in [2.75, 3.05) is 0 Å². The average Bonchev–Trinajstić information content (AvgIpc) is 2.75. The quantitative estimate of drug-likeness (QED) is 0.650. The number of nitriles is 1. The molecule has 3 rings (SSSR count). The van der Waals surface area contributed by atoms with Gasteiger partial charge in [0, 0.05) is 6.04 Å². The second-order valence-electron chi connectivity index (χ2n) is 8.81. The van der Waals surface area contributed by atoms with Crippen molar-refractivity contribution in [3.05, 3.63) is 71.8 Å². The maximum atomic E-state index is 12.7. The Hall–Kier alpha value is -3.26. The Balaban J connectivity index is 1.48. The van der Waals surface area contributed by atoms with Crippen LogP contribution in [0.3, 0.4) is 0 Å². The molecule has 162 valence electrons. The summed E-state index contributed by atoms with van der Waals surface area (Å²) in [5, 5.41) is 15.1. The highest BCUT2D eigenvalue weighted by Gasteiger charge is 2.27. The first-order chi connectivity index (χ1) is 14.8. The van der Waals surface area contributed by atoms with Crippen LogP contribution in [-0.4, -0.2) is 18.2 Å². The van der Waals surface area contributed by atoms with Crippen LogP contribution in [0, 0.1) is 11.3 Å². The molecule has 0 atom stereocenters. The van der Waals surface area contributed by atoms with Gasteiger partial charge in [0.25, 0.3) is 0 Å². The van der Waals surface area contributed by atoms with E-state index in [2.05, 4.69) is 29.3 Å². The molecule has 2 aromatic rings. The molecule has 2 amide bonds. The molecule has 2 aromatic carbocycles. The summed E-state index contributed by atoms with van der Waals surface area (Å²) in [7, 11) is 0. The van der Waals surface area contributed by atoms with E-state index in [0.29, 0.717) is 5.56 Å². The number of carbonyl (C=O) groups is 1. The molecule has 31 heavy (non-hydrogen) atoms. The topological polar surface area (TPSA) is 74.2 Å². The van der Waals surface area contributed by atoms with Gasteiger partial charge < -0.3 is 15.4 Å². The molecule has 1 saturated carbocycles. The highest BCUT2D eigenvalue weighted by Crippen LogP contribution is 2.26. The van der Waals surface area contributed by atoms with Gasteiger partial charge in [0.1, 0.15) is 5.75 Å². The van der Waals surface area contributed by atoms with Crippen LogP contribution in [0.2, 0.25) is 0 Å². The monoisotopic (exact) mass is 417 g/mol. The van der Waals surface area contributed by atoms with E-state index in [9.17, 15) is 4.79 Å². The molecule has 5 nitrogen and oxygen atoms in total. The minimum absolute atomic E-state index is 0.135. The SMILES string of the molecule is C=C(C)c1cccc(C(C)(C)NC(=O)NC2CCC(Oc3ccc(C#N)cc3)CC2)c1. The van der Waals surface area contributed by atoms with Gasteiger partial charge >= 0.3 is 6.03 Å². The normalized spacial score (nSPS) is 18.5. The second kappa shape index (κ2) is 9.70. The maximum Gasteiger partial charge on any atom is 0.315 e. The van der Waals surface area contributed by atoms with E-state index in [1.807, 2.05) is 51.1 Å². The third-order valence-corrected chi connectivity index (χ3v) is 5.80. The zero-order chi connectivity index (χ0) is 22.4. The highest BCUT2D eigenvalue weighted by atomic mass is 16.5. The molecule has 1 fully saturated rings. The third-order valence-electron chi connectivity index (χ3n) is 5.80. The zero-order valence-corrected chi connectivity index (χ0v) is 18.6.